The average Bonchev–Trinajstić information content (AvgIpc) is 2.19. The molecule has 14 heavy (non-hydrogen) atoms. The molecule has 0 N–H and O–H groups in total. The van der Waals surface area contributed by atoms with Gasteiger partial charge in [-0.15, -0.1) is 0 Å². The van der Waals surface area contributed by atoms with Crippen LogP contribution in [0.3, 0.4) is 0 Å². The molecule has 0 saturated heterocycles. The molecule has 0 heterocycles. The quantitative estimate of drug-likeness (QED) is 0.288. The van der Waals surface area contributed by atoms with Crippen LogP contribution in [0.4, 0.5) is 5.69 Å². The first-order chi connectivity index (χ1) is 6.42. The number of nitrogens with zero attached hydrogens (tertiary/aromatic N) is 3. The number of hydrogen-bond donors (Lipinski definition) is 0. The van der Waals surface area contributed by atoms with Crippen LogP contribution < -0.4 is 0 Å². The fourth-order valence-corrected chi connectivity index (χ4v) is 1.34. The van der Waals surface area contributed by atoms with Gasteiger partial charge in [0.25, 0.3) is 0 Å². The van der Waals surface area contributed by atoms with Crippen LogP contribution in [0.15, 0.2) is 47.6 Å². The molecule has 2 aromatic rings. The Bertz CT molecular complexity index is 484. The molecule has 0 aromatic heterocycles. The van der Waals surface area contributed by atoms with Crippen molar-refractivity contribution in [1.82, 2.24) is 0 Å². The Morgan fingerprint density at radius 1 is 1.00 bits per heavy atom. The number of hydrogen-bond acceptors (Lipinski definition) is 1. The van der Waals surface area contributed by atoms with E-state index in [9.17, 15) is 0 Å². The van der Waals surface area contributed by atoms with Crippen molar-refractivity contribution in [2.24, 2.45) is 5.11 Å². The summed E-state index contributed by atoms with van der Waals surface area (Å²) in [4.78, 5) is 2.78. The molecule has 0 unspecified atom stereocenters. The molecule has 63 valence electrons. The molecule has 0 atom stereocenters. The Balaban J connectivity index is 0.000000980. The Hall–Kier alpha value is -0.990. The van der Waals surface area contributed by atoms with Crippen molar-refractivity contribution in [1.29, 1.82) is 0 Å². The smallest absolute Gasteiger partial charge is 0.0453 e. The van der Waals surface area contributed by atoms with Gasteiger partial charge in [0.2, 0.25) is 0 Å². The van der Waals surface area contributed by atoms with E-state index in [0.717, 1.165) is 10.8 Å². The van der Waals surface area contributed by atoms with Gasteiger partial charge < -0.3 is 0 Å². The van der Waals surface area contributed by atoms with E-state index in [2.05, 4.69) is 10.0 Å². The SMILES string of the molecule is [N-]=[N+]=Nc1cccc2ccccc12.[Na]. The molecule has 0 aliphatic rings. The van der Waals surface area contributed by atoms with E-state index in [4.69, 9.17) is 5.53 Å². The molecule has 1 radical (unpaired) electrons. The van der Waals surface area contributed by atoms with Gasteiger partial charge in [0, 0.05) is 40.2 Å². The van der Waals surface area contributed by atoms with Gasteiger partial charge in [0.05, 0.1) is 0 Å². The van der Waals surface area contributed by atoms with Gasteiger partial charge in [-0.1, -0.05) is 47.6 Å². The first kappa shape index (κ1) is 11.1. The van der Waals surface area contributed by atoms with Crippen molar-refractivity contribution in [3.05, 3.63) is 52.9 Å². The topological polar surface area (TPSA) is 48.8 Å². The summed E-state index contributed by atoms with van der Waals surface area (Å²) in [6.45, 7) is 0. The van der Waals surface area contributed by atoms with Gasteiger partial charge in [-0.05, 0) is 16.3 Å². The van der Waals surface area contributed by atoms with Crippen LogP contribution in [0.2, 0.25) is 0 Å². The minimum absolute atomic E-state index is 0. The summed E-state index contributed by atoms with van der Waals surface area (Å²) in [6.07, 6.45) is 0. The van der Waals surface area contributed by atoms with Gasteiger partial charge in [-0.3, -0.25) is 0 Å². The fourth-order valence-electron chi connectivity index (χ4n) is 1.34. The summed E-state index contributed by atoms with van der Waals surface area (Å²) < 4.78 is 0. The molecule has 2 aromatic carbocycles. The second-order valence-corrected chi connectivity index (χ2v) is 2.69. The zero-order chi connectivity index (χ0) is 9.10. The van der Waals surface area contributed by atoms with Gasteiger partial charge in [0.1, 0.15) is 0 Å². The van der Waals surface area contributed by atoms with E-state index in [1.165, 1.54) is 0 Å². The minimum atomic E-state index is 0. The molecule has 0 aliphatic carbocycles. The summed E-state index contributed by atoms with van der Waals surface area (Å²) in [5.74, 6) is 0. The van der Waals surface area contributed by atoms with Crippen molar-refractivity contribution in [2.75, 3.05) is 0 Å². The van der Waals surface area contributed by atoms with E-state index < -0.39 is 0 Å². The number of azide groups is 1. The van der Waals surface area contributed by atoms with Crippen molar-refractivity contribution >= 4 is 46.0 Å². The molecule has 0 saturated carbocycles. The van der Waals surface area contributed by atoms with Crippen molar-refractivity contribution in [2.45, 2.75) is 0 Å². The summed E-state index contributed by atoms with van der Waals surface area (Å²) >= 11 is 0. The van der Waals surface area contributed by atoms with Gasteiger partial charge >= 0.3 is 0 Å². The van der Waals surface area contributed by atoms with E-state index in [1.54, 1.807) is 0 Å². The standard InChI is InChI=1S/C10H7N3.Na/c11-13-12-10-7-3-5-8-4-1-2-6-9(8)10;/h1-7H;. The van der Waals surface area contributed by atoms with Crippen molar-refractivity contribution < 1.29 is 0 Å². The van der Waals surface area contributed by atoms with Crippen LogP contribution >= 0.6 is 0 Å². The van der Waals surface area contributed by atoms with Gasteiger partial charge in [-0.25, -0.2) is 0 Å². The molecule has 3 nitrogen and oxygen atoms in total. The molecule has 4 heteroatoms. The van der Waals surface area contributed by atoms with Crippen LogP contribution in [0.1, 0.15) is 0 Å². The molecule has 0 spiro atoms. The molecule has 0 fully saturated rings. The third-order valence-corrected chi connectivity index (χ3v) is 1.92. The zero-order valence-electron chi connectivity index (χ0n) is 7.88. The predicted octanol–water partition coefficient (Wildman–Crippen LogP) is 3.40. The third kappa shape index (κ3) is 2.08. The molecule has 0 aliphatic heterocycles. The van der Waals surface area contributed by atoms with Crippen LogP contribution in [-0.4, -0.2) is 29.6 Å². The predicted molar refractivity (Wildman–Crippen MR) is 58.5 cm³/mol. The maximum absolute atomic E-state index is 8.34. The summed E-state index contributed by atoms with van der Waals surface area (Å²) in [7, 11) is 0. The van der Waals surface area contributed by atoms with Crippen LogP contribution in [0, 0.1) is 0 Å². The first-order valence-electron chi connectivity index (χ1n) is 3.94. The van der Waals surface area contributed by atoms with Gasteiger partial charge in [-0.2, -0.15) is 0 Å². The number of benzene rings is 2. The van der Waals surface area contributed by atoms with Crippen molar-refractivity contribution in [3.8, 4) is 0 Å². The second kappa shape index (κ2) is 5.03. The van der Waals surface area contributed by atoms with Crippen LogP contribution in [0.5, 0.6) is 0 Å². The fraction of sp³-hybridized carbons (Fsp3) is 0. The molecular formula is C10H7N3Na. The summed E-state index contributed by atoms with van der Waals surface area (Å²) in [5.41, 5.74) is 9.02. The monoisotopic (exact) mass is 192 g/mol. The van der Waals surface area contributed by atoms with E-state index >= 15 is 0 Å². The van der Waals surface area contributed by atoms with E-state index in [0.29, 0.717) is 5.69 Å². The maximum atomic E-state index is 8.34. The largest absolute Gasteiger partial charge is 0.0616 e. The van der Waals surface area contributed by atoms with E-state index in [1.807, 2.05) is 42.5 Å². The number of fused-ring (bicyclic) bond motifs is 1. The average molecular weight is 192 g/mol. The number of rotatable bonds is 1. The molecule has 2 rings (SSSR count). The first-order valence-corrected chi connectivity index (χ1v) is 3.94. The van der Waals surface area contributed by atoms with Gasteiger partial charge in [0.15, 0.2) is 0 Å². The molecule has 0 bridgehead atoms. The van der Waals surface area contributed by atoms with Crippen molar-refractivity contribution in [3.63, 3.8) is 0 Å². The normalized spacial score (nSPS) is 8.86. The van der Waals surface area contributed by atoms with Crippen LogP contribution in [-0.2, 0) is 0 Å². The minimum Gasteiger partial charge on any atom is -0.0616 e. The molecular weight excluding hydrogens is 185 g/mol. The Morgan fingerprint density at radius 2 is 1.71 bits per heavy atom. The summed E-state index contributed by atoms with van der Waals surface area (Å²) in [6, 6.07) is 13.5. The molecule has 0 amide bonds. The Labute approximate surface area is 104 Å². The third-order valence-electron chi connectivity index (χ3n) is 1.92. The van der Waals surface area contributed by atoms with Crippen LogP contribution in [0.25, 0.3) is 21.2 Å². The Morgan fingerprint density at radius 3 is 2.50 bits per heavy atom. The maximum Gasteiger partial charge on any atom is 0.0453 e. The van der Waals surface area contributed by atoms with E-state index in [-0.39, 0.29) is 29.6 Å². The second-order valence-electron chi connectivity index (χ2n) is 2.69. The Kier molecular flexibility index (Phi) is 3.98. The summed E-state index contributed by atoms with van der Waals surface area (Å²) in [5, 5.41) is 5.69. The zero-order valence-corrected chi connectivity index (χ0v) is 9.88.